The molecule has 172 valence electrons. The Bertz CT molecular complexity index is 1040. The Morgan fingerprint density at radius 1 is 1.00 bits per heavy atom. The number of carbonyl (C=O) groups excluding carboxylic acids is 2. The highest BCUT2D eigenvalue weighted by Crippen LogP contribution is 2.44. The Hall–Kier alpha value is -3.35. The quantitative estimate of drug-likeness (QED) is 0.543. The monoisotopic (exact) mass is 448 g/mol. The van der Waals surface area contributed by atoms with Gasteiger partial charge in [-0.05, 0) is 59.8 Å². The second kappa shape index (κ2) is 8.54. The summed E-state index contributed by atoms with van der Waals surface area (Å²) in [7, 11) is 0. The molecule has 1 unspecified atom stereocenters. The molecule has 2 amide bonds. The number of aliphatic carboxylic acids is 1. The molecule has 0 heterocycles. The van der Waals surface area contributed by atoms with Crippen LogP contribution in [0.15, 0.2) is 48.5 Å². The van der Waals surface area contributed by atoms with Gasteiger partial charge in [-0.25, -0.2) is 9.59 Å². The number of benzene rings is 2. The summed E-state index contributed by atoms with van der Waals surface area (Å²) in [6, 6.07) is 16.4. The summed E-state index contributed by atoms with van der Waals surface area (Å²) in [6.45, 7) is 0.588. The molecular weight excluding hydrogens is 420 g/mol. The average Bonchev–Trinajstić information content (AvgIpc) is 3.73. The molecule has 7 heteroatoms. The topological polar surface area (TPSA) is 105 Å². The molecule has 33 heavy (non-hydrogen) atoms. The van der Waals surface area contributed by atoms with Gasteiger partial charge in [-0.1, -0.05) is 48.5 Å². The molecule has 1 atom stereocenters. The maximum absolute atomic E-state index is 12.5. The van der Waals surface area contributed by atoms with Crippen molar-refractivity contribution in [3.05, 3.63) is 59.7 Å². The van der Waals surface area contributed by atoms with Gasteiger partial charge in [-0.3, -0.25) is 4.79 Å². The fraction of sp³-hybridized carbons (Fsp3) is 0.423. The summed E-state index contributed by atoms with van der Waals surface area (Å²) in [5.41, 5.74) is 3.59. The van der Waals surface area contributed by atoms with Crippen LogP contribution >= 0.6 is 0 Å². The van der Waals surface area contributed by atoms with Crippen molar-refractivity contribution in [2.75, 3.05) is 13.2 Å². The zero-order chi connectivity index (χ0) is 23.0. The Kier molecular flexibility index (Phi) is 5.56. The van der Waals surface area contributed by atoms with E-state index in [9.17, 15) is 19.5 Å². The third kappa shape index (κ3) is 4.45. The maximum atomic E-state index is 12.5. The number of hydrogen-bond donors (Lipinski definition) is 3. The predicted molar refractivity (Wildman–Crippen MR) is 122 cm³/mol. The largest absolute Gasteiger partial charge is 0.480 e. The van der Waals surface area contributed by atoms with Gasteiger partial charge in [0.1, 0.15) is 12.1 Å². The number of carbonyl (C=O) groups is 3. The van der Waals surface area contributed by atoms with Gasteiger partial charge in [0.25, 0.3) is 0 Å². The number of amides is 2. The summed E-state index contributed by atoms with van der Waals surface area (Å²) in [5.74, 6) is -0.879. The Morgan fingerprint density at radius 3 is 2.15 bits per heavy atom. The van der Waals surface area contributed by atoms with Crippen molar-refractivity contribution in [3.63, 3.8) is 0 Å². The van der Waals surface area contributed by atoms with Crippen LogP contribution in [-0.2, 0) is 14.3 Å². The van der Waals surface area contributed by atoms with Crippen LogP contribution in [0.5, 0.6) is 0 Å². The lowest BCUT2D eigenvalue weighted by atomic mass is 9.98. The fourth-order valence-corrected chi connectivity index (χ4v) is 4.91. The zero-order valence-electron chi connectivity index (χ0n) is 18.4. The lowest BCUT2D eigenvalue weighted by molar-refractivity contribution is -0.143. The molecular formula is C26H28N2O5. The first-order valence-electron chi connectivity index (χ1n) is 11.6. The van der Waals surface area contributed by atoms with Crippen LogP contribution in [0.1, 0.15) is 49.1 Å². The first-order valence-corrected chi connectivity index (χ1v) is 11.6. The van der Waals surface area contributed by atoms with Crippen LogP contribution < -0.4 is 10.6 Å². The molecule has 3 N–H and O–H groups in total. The lowest BCUT2D eigenvalue weighted by Crippen LogP contribution is -2.44. The van der Waals surface area contributed by atoms with Crippen LogP contribution in [0.3, 0.4) is 0 Å². The van der Waals surface area contributed by atoms with E-state index in [0.717, 1.165) is 24.0 Å². The number of carboxylic acid groups (broad SMARTS) is 1. The summed E-state index contributed by atoms with van der Waals surface area (Å²) < 4.78 is 5.59. The van der Waals surface area contributed by atoms with Crippen molar-refractivity contribution in [1.29, 1.82) is 0 Å². The summed E-state index contributed by atoms with van der Waals surface area (Å²) in [4.78, 5) is 36.2. The van der Waals surface area contributed by atoms with Crippen LogP contribution in [0.2, 0.25) is 0 Å². The number of ether oxygens (including phenoxy) is 1. The van der Waals surface area contributed by atoms with Gasteiger partial charge in [-0.2, -0.15) is 0 Å². The first-order chi connectivity index (χ1) is 16.0. The molecule has 3 aliphatic rings. The normalized spacial score (nSPS) is 18.5. The van der Waals surface area contributed by atoms with E-state index in [1.807, 2.05) is 24.3 Å². The number of nitrogens with one attached hydrogen (secondary N) is 2. The smallest absolute Gasteiger partial charge is 0.407 e. The van der Waals surface area contributed by atoms with E-state index in [1.54, 1.807) is 0 Å². The molecule has 0 aliphatic heterocycles. The molecule has 0 aromatic heterocycles. The van der Waals surface area contributed by atoms with Gasteiger partial charge >= 0.3 is 12.1 Å². The highest BCUT2D eigenvalue weighted by atomic mass is 16.5. The number of carboxylic acids is 1. The first kappa shape index (κ1) is 21.5. The van der Waals surface area contributed by atoms with Gasteiger partial charge in [0.2, 0.25) is 5.91 Å². The van der Waals surface area contributed by atoms with Crippen LogP contribution in [0, 0.1) is 11.8 Å². The average molecular weight is 449 g/mol. The molecule has 0 spiro atoms. The van der Waals surface area contributed by atoms with Crippen LogP contribution in [-0.4, -0.2) is 41.8 Å². The minimum Gasteiger partial charge on any atom is -0.480 e. The van der Waals surface area contributed by atoms with Crippen molar-refractivity contribution in [3.8, 4) is 11.1 Å². The molecule has 0 saturated heterocycles. The molecule has 2 fully saturated rings. The third-order valence-corrected chi connectivity index (χ3v) is 7.13. The summed E-state index contributed by atoms with van der Waals surface area (Å²) >= 11 is 0. The van der Waals surface area contributed by atoms with Gasteiger partial charge in [0.15, 0.2) is 0 Å². The molecule has 2 aromatic rings. The standard InChI is InChI=1S/C26H28N2O5/c29-23(28-26(11-12-26)24(30)31)13-17(16-9-10-16)14-27-25(32)33-15-22-20-7-3-1-5-18(20)19-6-2-4-8-21(19)22/h1-8,16-17,22H,9-15H2,(H,27,32)(H,28,29)(H,30,31). The predicted octanol–water partition coefficient (Wildman–Crippen LogP) is 3.67. The number of fused-ring (bicyclic) bond motifs is 3. The van der Waals surface area contributed by atoms with E-state index >= 15 is 0 Å². The van der Waals surface area contributed by atoms with Crippen molar-refractivity contribution in [2.24, 2.45) is 11.8 Å². The molecule has 7 nitrogen and oxygen atoms in total. The highest BCUT2D eigenvalue weighted by molar-refractivity contribution is 5.89. The number of hydrogen-bond acceptors (Lipinski definition) is 4. The van der Waals surface area contributed by atoms with Gasteiger partial charge in [0.05, 0.1) is 0 Å². The number of alkyl carbamates (subject to hydrolysis) is 1. The van der Waals surface area contributed by atoms with Gasteiger partial charge in [0, 0.05) is 18.9 Å². The lowest BCUT2D eigenvalue weighted by Gasteiger charge is -2.19. The van der Waals surface area contributed by atoms with Crippen LogP contribution in [0.25, 0.3) is 11.1 Å². The summed E-state index contributed by atoms with van der Waals surface area (Å²) in [5, 5.41) is 14.8. The molecule has 2 saturated carbocycles. The minimum absolute atomic E-state index is 0.00101. The van der Waals surface area contributed by atoms with E-state index in [1.165, 1.54) is 11.1 Å². The Morgan fingerprint density at radius 2 is 1.61 bits per heavy atom. The Balaban J connectivity index is 1.14. The maximum Gasteiger partial charge on any atom is 0.407 e. The second-order valence-electron chi connectivity index (χ2n) is 9.44. The molecule has 0 radical (unpaired) electrons. The van der Waals surface area contributed by atoms with E-state index < -0.39 is 17.6 Å². The fourth-order valence-electron chi connectivity index (χ4n) is 4.91. The second-order valence-corrected chi connectivity index (χ2v) is 9.44. The van der Waals surface area contributed by atoms with Gasteiger partial charge < -0.3 is 20.5 Å². The van der Waals surface area contributed by atoms with Gasteiger partial charge in [-0.15, -0.1) is 0 Å². The molecule has 3 aliphatic carbocycles. The minimum atomic E-state index is -1.08. The SMILES string of the molecule is O=C(CC(CNC(=O)OCC1c2ccccc2-c2ccccc21)C1CC1)NC1(C(=O)O)CC1. The van der Waals surface area contributed by atoms with Crippen molar-refractivity contribution in [1.82, 2.24) is 10.6 Å². The summed E-state index contributed by atoms with van der Waals surface area (Å²) in [6.07, 6.45) is 2.71. The van der Waals surface area contributed by atoms with Crippen molar-refractivity contribution >= 4 is 18.0 Å². The highest BCUT2D eigenvalue weighted by Gasteiger charge is 2.51. The zero-order valence-corrected chi connectivity index (χ0v) is 18.4. The van der Waals surface area contributed by atoms with E-state index in [4.69, 9.17) is 4.74 Å². The number of rotatable bonds is 9. The van der Waals surface area contributed by atoms with Crippen LogP contribution in [0.4, 0.5) is 4.79 Å². The van der Waals surface area contributed by atoms with E-state index in [2.05, 4.69) is 34.9 Å². The van der Waals surface area contributed by atoms with E-state index in [0.29, 0.717) is 25.3 Å². The van der Waals surface area contributed by atoms with Crippen molar-refractivity contribution < 1.29 is 24.2 Å². The molecule has 2 aromatic carbocycles. The van der Waals surface area contributed by atoms with E-state index in [-0.39, 0.29) is 30.8 Å². The Labute approximate surface area is 192 Å². The molecule has 5 rings (SSSR count). The molecule has 0 bridgehead atoms. The third-order valence-electron chi connectivity index (χ3n) is 7.13. The van der Waals surface area contributed by atoms with Crippen molar-refractivity contribution in [2.45, 2.75) is 43.6 Å².